The van der Waals surface area contributed by atoms with Crippen molar-refractivity contribution in [3.05, 3.63) is 35.1 Å². The molecule has 3 heteroatoms. The fourth-order valence-corrected chi connectivity index (χ4v) is 5.22. The topological polar surface area (TPSA) is 0 Å². The fraction of sp³-hybridized carbons (Fsp3) is 0.750. The van der Waals surface area contributed by atoms with Gasteiger partial charge in [-0.3, -0.25) is 0 Å². The molecule has 2 fully saturated rings. The Morgan fingerprint density at radius 1 is 0.815 bits per heavy atom. The number of aryl methyl sites for hydroxylation is 1. The zero-order valence-electron chi connectivity index (χ0n) is 16.1. The zero-order valence-corrected chi connectivity index (χ0v) is 16.1. The van der Waals surface area contributed by atoms with Crippen LogP contribution in [-0.2, 0) is 6.42 Å². The van der Waals surface area contributed by atoms with Crippen LogP contribution in [0.3, 0.4) is 0 Å². The molecule has 0 unspecified atom stereocenters. The lowest BCUT2D eigenvalue weighted by Crippen LogP contribution is -2.25. The molecule has 0 bridgehead atoms. The highest BCUT2D eigenvalue weighted by molar-refractivity contribution is 5.19. The molecular formula is C24H41F3. The van der Waals surface area contributed by atoms with Crippen LogP contribution in [-0.4, -0.2) is 0 Å². The van der Waals surface area contributed by atoms with E-state index in [1.165, 1.54) is 57.8 Å². The zero-order chi connectivity index (χ0) is 18.5. The molecule has 0 saturated heterocycles. The molecule has 0 nitrogen and oxygen atoms in total. The summed E-state index contributed by atoms with van der Waals surface area (Å²) in [4.78, 5) is 0. The van der Waals surface area contributed by atoms with Crippen LogP contribution in [0, 0.1) is 41.1 Å². The summed E-state index contributed by atoms with van der Waals surface area (Å²) in [6.45, 7) is 2.39. The van der Waals surface area contributed by atoms with E-state index >= 15 is 0 Å². The molecule has 2 saturated carbocycles. The summed E-state index contributed by atoms with van der Waals surface area (Å²) in [7, 11) is 0. The van der Waals surface area contributed by atoms with Crippen LogP contribution >= 0.6 is 0 Å². The Bertz CT molecular complexity index is 554. The van der Waals surface area contributed by atoms with E-state index in [2.05, 4.69) is 6.92 Å². The van der Waals surface area contributed by atoms with Crippen molar-refractivity contribution in [1.29, 1.82) is 0 Å². The predicted molar refractivity (Wildman–Crippen MR) is 111 cm³/mol. The molecule has 0 atom stereocenters. The molecule has 2 aliphatic carbocycles. The van der Waals surface area contributed by atoms with E-state index < -0.39 is 17.5 Å². The van der Waals surface area contributed by atoms with Crippen molar-refractivity contribution in [2.45, 2.75) is 91.4 Å². The summed E-state index contributed by atoms with van der Waals surface area (Å²) >= 11 is 0. The minimum Gasteiger partial charge on any atom is -0.204 e. The molecule has 0 spiro atoms. The van der Waals surface area contributed by atoms with Gasteiger partial charge in [0.25, 0.3) is 0 Å². The van der Waals surface area contributed by atoms with E-state index in [1.54, 1.807) is 0 Å². The van der Waals surface area contributed by atoms with Crippen LogP contribution < -0.4 is 0 Å². The first-order chi connectivity index (χ1) is 12.5. The highest BCUT2D eigenvalue weighted by Gasteiger charge is 2.29. The second kappa shape index (κ2) is 10.5. The van der Waals surface area contributed by atoms with Crippen molar-refractivity contribution in [3.8, 4) is 0 Å². The molecule has 1 aromatic carbocycles. The van der Waals surface area contributed by atoms with Crippen LogP contribution in [0.25, 0.3) is 0 Å². The van der Waals surface area contributed by atoms with Crippen molar-refractivity contribution in [3.63, 3.8) is 0 Å². The summed E-state index contributed by atoms with van der Waals surface area (Å²) in [5, 5.41) is 0. The van der Waals surface area contributed by atoms with Crippen LogP contribution in [0.4, 0.5) is 13.2 Å². The van der Waals surface area contributed by atoms with Gasteiger partial charge in [-0.25, -0.2) is 13.2 Å². The van der Waals surface area contributed by atoms with Crippen LogP contribution in [0.1, 0.15) is 93.4 Å². The Kier molecular flexibility index (Phi) is 8.69. The molecule has 0 aromatic heterocycles. The quantitative estimate of drug-likeness (QED) is 0.339. The molecule has 0 heterocycles. The highest BCUT2D eigenvalue weighted by atomic mass is 19.2. The Morgan fingerprint density at radius 3 is 1.89 bits per heavy atom. The highest BCUT2D eigenvalue weighted by Crippen LogP contribution is 2.42. The Labute approximate surface area is 166 Å². The van der Waals surface area contributed by atoms with Gasteiger partial charge in [0.05, 0.1) is 0 Å². The van der Waals surface area contributed by atoms with Gasteiger partial charge in [-0.1, -0.05) is 52.9 Å². The van der Waals surface area contributed by atoms with Gasteiger partial charge in [0.2, 0.25) is 0 Å². The lowest BCUT2D eigenvalue weighted by Gasteiger charge is -2.37. The van der Waals surface area contributed by atoms with Gasteiger partial charge in [0, 0.05) is 2.85 Å². The summed E-state index contributed by atoms with van der Waals surface area (Å²) in [6, 6.07) is 2.27. The molecule has 0 N–H and O–H groups in total. The van der Waals surface area contributed by atoms with Crippen molar-refractivity contribution < 1.29 is 16.0 Å². The second-order valence-electron chi connectivity index (χ2n) is 8.92. The number of hydrogen-bond acceptors (Lipinski definition) is 0. The summed E-state index contributed by atoms with van der Waals surface area (Å²) in [5.74, 6) is 0.198. The van der Waals surface area contributed by atoms with Crippen LogP contribution in [0.2, 0.25) is 0 Å². The van der Waals surface area contributed by atoms with Gasteiger partial charge < -0.3 is 0 Å². The van der Waals surface area contributed by atoms with E-state index in [-0.39, 0.29) is 10.3 Å². The number of hydrogen-bond donors (Lipinski definition) is 0. The van der Waals surface area contributed by atoms with Crippen LogP contribution in [0.5, 0.6) is 0 Å². The lowest BCUT2D eigenvalue weighted by atomic mass is 9.69. The summed E-state index contributed by atoms with van der Waals surface area (Å²) in [5.41, 5.74) is 0.566. The Balaban J connectivity index is 0.00000261. The monoisotopic (exact) mass is 386 g/mol. The first-order valence-corrected chi connectivity index (χ1v) is 10.7. The summed E-state index contributed by atoms with van der Waals surface area (Å²) < 4.78 is 39.5. The molecule has 2 aliphatic rings. The van der Waals surface area contributed by atoms with Gasteiger partial charge in [-0.15, -0.1) is 0 Å². The second-order valence-corrected chi connectivity index (χ2v) is 8.92. The fourth-order valence-electron chi connectivity index (χ4n) is 5.22. The Hall–Kier alpha value is -0.990. The lowest BCUT2D eigenvalue weighted by molar-refractivity contribution is 0.146. The van der Waals surface area contributed by atoms with Crippen molar-refractivity contribution in [1.82, 2.24) is 0 Å². The molecule has 158 valence electrons. The van der Waals surface area contributed by atoms with Crippen LogP contribution in [0.15, 0.2) is 12.1 Å². The van der Waals surface area contributed by atoms with E-state index in [1.807, 2.05) is 0 Å². The number of halogens is 3. The molecule has 0 amide bonds. The predicted octanol–water partition coefficient (Wildman–Crippen LogP) is 8.58. The van der Waals surface area contributed by atoms with Gasteiger partial charge in [-0.05, 0) is 79.9 Å². The number of benzene rings is 1. The third-order valence-electron chi connectivity index (χ3n) is 6.99. The third-order valence-corrected chi connectivity index (χ3v) is 6.99. The maximum absolute atomic E-state index is 13.2. The van der Waals surface area contributed by atoms with E-state index in [0.29, 0.717) is 12.0 Å². The first-order valence-electron chi connectivity index (χ1n) is 10.7. The molecule has 27 heavy (non-hydrogen) atoms. The molecular weight excluding hydrogens is 345 g/mol. The van der Waals surface area contributed by atoms with E-state index in [4.69, 9.17) is 0 Å². The molecule has 0 aliphatic heterocycles. The van der Waals surface area contributed by atoms with Gasteiger partial charge in [0.1, 0.15) is 0 Å². The Morgan fingerprint density at radius 2 is 1.33 bits per heavy atom. The normalized spacial score (nSPS) is 28.6. The molecule has 3 rings (SSSR count). The SMILES string of the molecule is C.CC1CCC(C2CCC(CCCCc3cc(F)c(F)c(F)c3)CC2)CC1.[HH].[HH]. The van der Waals surface area contributed by atoms with Crippen molar-refractivity contribution in [2.75, 3.05) is 0 Å². The number of rotatable bonds is 6. The molecule has 1 aromatic rings. The van der Waals surface area contributed by atoms with Gasteiger partial charge >= 0.3 is 0 Å². The first kappa shape index (κ1) is 22.3. The maximum atomic E-state index is 13.2. The number of unbranched alkanes of at least 4 members (excludes halogenated alkanes) is 1. The molecule has 0 radical (unpaired) electrons. The van der Waals surface area contributed by atoms with Crippen molar-refractivity contribution in [2.24, 2.45) is 23.7 Å². The average Bonchev–Trinajstić information content (AvgIpc) is 2.64. The minimum absolute atomic E-state index is 0. The van der Waals surface area contributed by atoms with Crippen molar-refractivity contribution >= 4 is 0 Å². The third kappa shape index (κ3) is 6.26. The smallest absolute Gasteiger partial charge is 0.194 e. The maximum Gasteiger partial charge on any atom is 0.194 e. The minimum atomic E-state index is -1.36. The largest absolute Gasteiger partial charge is 0.204 e. The van der Waals surface area contributed by atoms with Gasteiger partial charge in [0.15, 0.2) is 17.5 Å². The summed E-state index contributed by atoms with van der Waals surface area (Å²) in [6.07, 6.45) is 15.1. The van der Waals surface area contributed by atoms with Gasteiger partial charge in [-0.2, -0.15) is 0 Å². The average molecular weight is 387 g/mol. The van der Waals surface area contributed by atoms with E-state index in [0.717, 1.165) is 48.6 Å². The standard InChI is InChI=1S/C23H33F3.CH4.2H2/c1-16-6-10-19(11-7-16)20-12-8-17(9-13-20)4-2-3-5-18-14-21(24)23(26)22(25)15-18;;;/h14-17,19-20H,2-13H2,1H3;1H4;2*1H. The van der Waals surface area contributed by atoms with E-state index in [9.17, 15) is 13.2 Å².